The van der Waals surface area contributed by atoms with Crippen LogP contribution >= 0.6 is 0 Å². The second kappa shape index (κ2) is 10.6. The fourth-order valence-electron chi connectivity index (χ4n) is 7.63. The van der Waals surface area contributed by atoms with Gasteiger partial charge in [0.15, 0.2) is 0 Å². The summed E-state index contributed by atoms with van der Waals surface area (Å²) in [5.41, 5.74) is 7.40. The summed E-state index contributed by atoms with van der Waals surface area (Å²) in [5, 5.41) is 12.3. The molecule has 0 aliphatic rings. The fourth-order valence-corrected chi connectivity index (χ4v) is 7.63. The molecule has 0 spiro atoms. The fraction of sp³-hybridized carbons (Fsp3) is 0. The molecule has 1 aromatic heterocycles. The van der Waals surface area contributed by atoms with Gasteiger partial charge in [-0.25, -0.2) is 0 Å². The van der Waals surface area contributed by atoms with E-state index >= 15 is 0 Å². The van der Waals surface area contributed by atoms with E-state index < -0.39 is 0 Å². The molecule has 0 unspecified atom stereocenters. The minimum absolute atomic E-state index is 0.912. The molecular weight excluding hydrogens is 583 g/mol. The molecule has 10 rings (SSSR count). The first-order chi connectivity index (χ1) is 23.8. The Morgan fingerprint density at radius 1 is 0.354 bits per heavy atom. The monoisotopic (exact) mass is 611 g/mol. The Balaban J connectivity index is 1.19. The van der Waals surface area contributed by atoms with Crippen LogP contribution in [0.1, 0.15) is 0 Å². The summed E-state index contributed by atoms with van der Waals surface area (Å²) in [5.74, 6) is 0. The van der Waals surface area contributed by atoms with Crippen LogP contribution in [0.3, 0.4) is 0 Å². The largest absolute Gasteiger partial charge is 0.455 e. The molecule has 0 saturated carbocycles. The number of para-hydroxylation sites is 2. The normalized spacial score (nSPS) is 11.8. The Kier molecular flexibility index (Phi) is 5.91. The highest BCUT2D eigenvalue weighted by Gasteiger charge is 2.18. The number of furan rings is 1. The van der Waals surface area contributed by atoms with Crippen LogP contribution in [0.5, 0.6) is 0 Å². The van der Waals surface area contributed by atoms with E-state index in [0.29, 0.717) is 0 Å². The van der Waals surface area contributed by atoms with Gasteiger partial charge in [-0.05, 0) is 79.7 Å². The first-order valence-electron chi connectivity index (χ1n) is 16.4. The third kappa shape index (κ3) is 4.06. The number of nitrogens with zero attached hydrogens (tertiary/aromatic N) is 1. The van der Waals surface area contributed by atoms with E-state index in [-0.39, 0.29) is 0 Å². The summed E-state index contributed by atoms with van der Waals surface area (Å²) in [7, 11) is 0. The van der Waals surface area contributed by atoms with Gasteiger partial charge in [0.25, 0.3) is 0 Å². The van der Waals surface area contributed by atoms with Crippen LogP contribution in [0.2, 0.25) is 0 Å². The average molecular weight is 612 g/mol. The second-order valence-corrected chi connectivity index (χ2v) is 12.5. The molecule has 10 aromatic rings. The topological polar surface area (TPSA) is 16.4 Å². The SMILES string of the molecule is c1ccc2c(N(c3ccc(-c4cccc5c4oc4ccccc45)cc3)c3ccc4c5ccccc5c5ccccc5c4c3)cccc2c1. The lowest BCUT2D eigenvalue weighted by molar-refractivity contribution is 0.670. The minimum atomic E-state index is 0.912. The van der Waals surface area contributed by atoms with Crippen LogP contribution < -0.4 is 4.90 Å². The van der Waals surface area contributed by atoms with Crippen LogP contribution in [0.25, 0.3) is 76.2 Å². The first kappa shape index (κ1) is 26.8. The molecule has 9 aromatic carbocycles. The highest BCUT2D eigenvalue weighted by molar-refractivity contribution is 6.26. The van der Waals surface area contributed by atoms with E-state index in [2.05, 4.69) is 169 Å². The van der Waals surface area contributed by atoms with Crippen LogP contribution in [-0.4, -0.2) is 0 Å². The molecular formula is C46H29NO. The predicted octanol–water partition coefficient (Wildman–Crippen LogP) is 13.3. The summed E-state index contributed by atoms with van der Waals surface area (Å²) < 4.78 is 6.40. The smallest absolute Gasteiger partial charge is 0.143 e. The van der Waals surface area contributed by atoms with Gasteiger partial charge in [0.2, 0.25) is 0 Å². The zero-order valence-electron chi connectivity index (χ0n) is 26.1. The van der Waals surface area contributed by atoms with E-state index in [4.69, 9.17) is 4.42 Å². The van der Waals surface area contributed by atoms with Crippen LogP contribution in [0, 0.1) is 0 Å². The van der Waals surface area contributed by atoms with Gasteiger partial charge in [0.05, 0.1) is 5.69 Å². The predicted molar refractivity (Wildman–Crippen MR) is 204 cm³/mol. The molecule has 2 nitrogen and oxygen atoms in total. The molecule has 0 atom stereocenters. The zero-order valence-corrected chi connectivity index (χ0v) is 26.1. The van der Waals surface area contributed by atoms with Crippen molar-refractivity contribution in [3.05, 3.63) is 176 Å². The third-order valence-corrected chi connectivity index (χ3v) is 9.83. The molecule has 1 heterocycles. The first-order valence-corrected chi connectivity index (χ1v) is 16.4. The number of anilines is 3. The van der Waals surface area contributed by atoms with Gasteiger partial charge in [0.1, 0.15) is 11.2 Å². The van der Waals surface area contributed by atoms with Crippen molar-refractivity contribution in [2.75, 3.05) is 4.90 Å². The lowest BCUT2D eigenvalue weighted by Gasteiger charge is -2.27. The van der Waals surface area contributed by atoms with Gasteiger partial charge in [-0.1, -0.05) is 140 Å². The van der Waals surface area contributed by atoms with Gasteiger partial charge in [-0.15, -0.1) is 0 Å². The van der Waals surface area contributed by atoms with Crippen molar-refractivity contribution in [1.29, 1.82) is 0 Å². The lowest BCUT2D eigenvalue weighted by atomic mass is 9.94. The maximum atomic E-state index is 6.40. The van der Waals surface area contributed by atoms with Crippen LogP contribution in [0.15, 0.2) is 180 Å². The van der Waals surface area contributed by atoms with E-state index in [0.717, 1.165) is 50.1 Å². The molecule has 0 saturated heterocycles. The summed E-state index contributed by atoms with van der Waals surface area (Å²) in [6.07, 6.45) is 0. The van der Waals surface area contributed by atoms with Crippen molar-refractivity contribution in [2.45, 2.75) is 0 Å². The Labute approximate surface area is 277 Å². The van der Waals surface area contributed by atoms with Crippen molar-refractivity contribution in [3.8, 4) is 11.1 Å². The molecule has 0 N–H and O–H groups in total. The standard InChI is InChI=1S/C46H29NO/c1-2-13-34-30(11-1)12-9-21-44(34)47(33-27-28-40-38-16-4-3-14-36(38)37-15-5-6-17-39(37)43(40)29-33)32-25-23-31(24-26-32)35-19-10-20-42-41-18-7-8-22-45(41)48-46(35)42/h1-29H. The van der Waals surface area contributed by atoms with Gasteiger partial charge >= 0.3 is 0 Å². The van der Waals surface area contributed by atoms with Crippen LogP contribution in [-0.2, 0) is 0 Å². The maximum absolute atomic E-state index is 6.40. The molecule has 0 bridgehead atoms. The highest BCUT2D eigenvalue weighted by atomic mass is 16.3. The number of fused-ring (bicyclic) bond motifs is 10. The lowest BCUT2D eigenvalue weighted by Crippen LogP contribution is -2.10. The Morgan fingerprint density at radius 2 is 0.896 bits per heavy atom. The third-order valence-electron chi connectivity index (χ3n) is 9.83. The van der Waals surface area contributed by atoms with Crippen molar-refractivity contribution in [1.82, 2.24) is 0 Å². The Morgan fingerprint density at radius 3 is 1.65 bits per heavy atom. The summed E-state index contributed by atoms with van der Waals surface area (Å²) in [6, 6.07) is 63.3. The molecule has 224 valence electrons. The number of hydrogen-bond donors (Lipinski definition) is 0. The van der Waals surface area contributed by atoms with Crippen molar-refractivity contribution in [2.24, 2.45) is 0 Å². The van der Waals surface area contributed by atoms with Crippen molar-refractivity contribution < 1.29 is 4.42 Å². The van der Waals surface area contributed by atoms with Crippen molar-refractivity contribution in [3.63, 3.8) is 0 Å². The van der Waals surface area contributed by atoms with Crippen LogP contribution in [0.4, 0.5) is 17.1 Å². The zero-order chi connectivity index (χ0) is 31.6. The molecule has 48 heavy (non-hydrogen) atoms. The van der Waals surface area contributed by atoms with E-state index in [1.807, 2.05) is 12.1 Å². The summed E-state index contributed by atoms with van der Waals surface area (Å²) in [4.78, 5) is 2.40. The Hall–Kier alpha value is -6.38. The highest BCUT2D eigenvalue weighted by Crippen LogP contribution is 2.43. The van der Waals surface area contributed by atoms with Gasteiger partial charge < -0.3 is 9.32 Å². The number of hydrogen-bond acceptors (Lipinski definition) is 2. The van der Waals surface area contributed by atoms with Gasteiger partial charge in [-0.3, -0.25) is 0 Å². The summed E-state index contributed by atoms with van der Waals surface area (Å²) >= 11 is 0. The quantitative estimate of drug-likeness (QED) is 0.184. The Bertz CT molecular complexity index is 2800. The van der Waals surface area contributed by atoms with E-state index in [1.165, 1.54) is 43.1 Å². The molecule has 0 amide bonds. The van der Waals surface area contributed by atoms with E-state index in [1.54, 1.807) is 0 Å². The molecule has 0 aliphatic heterocycles. The van der Waals surface area contributed by atoms with Gasteiger partial charge in [0, 0.05) is 33.1 Å². The second-order valence-electron chi connectivity index (χ2n) is 12.5. The van der Waals surface area contributed by atoms with E-state index in [9.17, 15) is 0 Å². The minimum Gasteiger partial charge on any atom is -0.455 e. The summed E-state index contributed by atoms with van der Waals surface area (Å²) in [6.45, 7) is 0. The molecule has 0 fully saturated rings. The van der Waals surface area contributed by atoms with Gasteiger partial charge in [-0.2, -0.15) is 0 Å². The number of rotatable bonds is 4. The molecule has 2 heteroatoms. The molecule has 0 radical (unpaired) electrons. The maximum Gasteiger partial charge on any atom is 0.143 e. The van der Waals surface area contributed by atoms with Crippen molar-refractivity contribution >= 4 is 82.1 Å². The number of benzene rings is 9. The molecule has 0 aliphatic carbocycles. The average Bonchev–Trinajstić information content (AvgIpc) is 3.55.